The molecular weight excluding hydrogens is 342 g/mol. The fourth-order valence-electron chi connectivity index (χ4n) is 1.90. The number of rotatable bonds is 4. The molecule has 0 aliphatic rings. The predicted molar refractivity (Wildman–Crippen MR) is 81.6 cm³/mol. The first-order chi connectivity index (χ1) is 11.5. The molecule has 132 valence electrons. The summed E-state index contributed by atoms with van der Waals surface area (Å²) in [5, 5.41) is 11.0. The van der Waals surface area contributed by atoms with E-state index in [0.29, 0.717) is 6.07 Å². The number of benzene rings is 2. The fourth-order valence-corrected chi connectivity index (χ4v) is 1.90. The number of alkyl halides is 3. The zero-order valence-electron chi connectivity index (χ0n) is 12.9. The topological polar surface area (TPSA) is 66.4 Å². The van der Waals surface area contributed by atoms with Crippen molar-refractivity contribution in [2.24, 2.45) is 0 Å². The Balaban J connectivity index is 2.23. The molecule has 0 spiro atoms. The lowest BCUT2D eigenvalue weighted by molar-refractivity contribution is -0.242. The molecule has 0 saturated heterocycles. The first-order valence-corrected chi connectivity index (χ1v) is 7.04. The number of hydrogen-bond acceptors (Lipinski definition) is 3. The van der Waals surface area contributed by atoms with E-state index < -0.39 is 29.3 Å². The van der Waals surface area contributed by atoms with Crippen molar-refractivity contribution in [1.82, 2.24) is 0 Å². The van der Waals surface area contributed by atoms with Crippen molar-refractivity contribution in [3.05, 3.63) is 65.5 Å². The van der Waals surface area contributed by atoms with Crippen LogP contribution < -0.4 is 5.32 Å². The fraction of sp³-hybridized carbons (Fsp3) is 0.176. The number of amides is 1. The molecule has 0 aliphatic heterocycles. The van der Waals surface area contributed by atoms with Crippen LogP contribution in [0.15, 0.2) is 48.5 Å². The second kappa shape index (κ2) is 6.64. The zero-order chi connectivity index (χ0) is 18.8. The van der Waals surface area contributed by atoms with E-state index in [1.165, 1.54) is 12.1 Å². The van der Waals surface area contributed by atoms with Gasteiger partial charge in [-0.15, -0.1) is 0 Å². The van der Waals surface area contributed by atoms with E-state index in [4.69, 9.17) is 0 Å². The largest absolute Gasteiger partial charge is 0.426 e. The first kappa shape index (κ1) is 18.6. The van der Waals surface area contributed by atoms with Gasteiger partial charge in [0.25, 0.3) is 5.91 Å². The summed E-state index contributed by atoms with van der Waals surface area (Å²) in [5.74, 6) is -3.39. The van der Waals surface area contributed by atoms with Crippen molar-refractivity contribution in [3.63, 3.8) is 0 Å². The highest BCUT2D eigenvalue weighted by molar-refractivity contribution is 6.09. The van der Waals surface area contributed by atoms with Crippen LogP contribution in [0, 0.1) is 5.82 Å². The van der Waals surface area contributed by atoms with Crippen LogP contribution in [0.25, 0.3) is 0 Å². The van der Waals surface area contributed by atoms with Crippen LogP contribution in [0.3, 0.4) is 0 Å². The molecule has 0 aliphatic carbocycles. The molecule has 25 heavy (non-hydrogen) atoms. The van der Waals surface area contributed by atoms with E-state index >= 15 is 0 Å². The molecule has 2 N–H and O–H groups in total. The summed E-state index contributed by atoms with van der Waals surface area (Å²) >= 11 is 0. The van der Waals surface area contributed by atoms with Gasteiger partial charge in [-0.05, 0) is 25.1 Å². The van der Waals surface area contributed by atoms with Crippen LogP contribution >= 0.6 is 0 Å². The average Bonchev–Trinajstić information content (AvgIpc) is 2.54. The Morgan fingerprint density at radius 1 is 1.04 bits per heavy atom. The number of anilines is 1. The Morgan fingerprint density at radius 3 is 2.16 bits per heavy atom. The first-order valence-electron chi connectivity index (χ1n) is 7.04. The molecule has 0 aromatic heterocycles. The van der Waals surface area contributed by atoms with Gasteiger partial charge in [0.2, 0.25) is 5.60 Å². The number of ketones is 1. The molecule has 2 rings (SSSR count). The third-order valence-corrected chi connectivity index (χ3v) is 3.50. The van der Waals surface area contributed by atoms with E-state index in [0.717, 1.165) is 12.1 Å². The van der Waals surface area contributed by atoms with Gasteiger partial charge in [0.15, 0.2) is 5.78 Å². The Bertz CT molecular complexity index is 801. The second-order valence-corrected chi connectivity index (χ2v) is 5.41. The molecule has 0 fully saturated rings. The maximum absolute atomic E-state index is 14.1. The molecule has 4 nitrogen and oxygen atoms in total. The van der Waals surface area contributed by atoms with E-state index in [2.05, 4.69) is 0 Å². The third kappa shape index (κ3) is 3.85. The minimum absolute atomic E-state index is 0.234. The minimum Gasteiger partial charge on any atom is -0.373 e. The minimum atomic E-state index is -5.20. The Labute approximate surface area is 140 Å². The number of carbonyl (C=O) groups is 2. The monoisotopic (exact) mass is 355 g/mol. The van der Waals surface area contributed by atoms with Gasteiger partial charge in [-0.25, -0.2) is 4.39 Å². The van der Waals surface area contributed by atoms with Gasteiger partial charge in [-0.2, -0.15) is 13.2 Å². The van der Waals surface area contributed by atoms with Crippen LogP contribution in [0.5, 0.6) is 0 Å². The predicted octanol–water partition coefficient (Wildman–Crippen LogP) is 3.31. The maximum Gasteiger partial charge on any atom is 0.426 e. The van der Waals surface area contributed by atoms with Gasteiger partial charge in [0.1, 0.15) is 5.82 Å². The summed E-state index contributed by atoms with van der Waals surface area (Å²) in [7, 11) is 0. The summed E-state index contributed by atoms with van der Waals surface area (Å²) in [5.41, 5.74) is -4.02. The molecule has 8 heteroatoms. The van der Waals surface area contributed by atoms with Crippen LogP contribution in [0.1, 0.15) is 22.8 Å². The maximum atomic E-state index is 14.1. The van der Waals surface area contributed by atoms with Gasteiger partial charge >= 0.3 is 6.18 Å². The van der Waals surface area contributed by atoms with Gasteiger partial charge in [-0.1, -0.05) is 30.3 Å². The Morgan fingerprint density at radius 2 is 1.64 bits per heavy atom. The molecule has 0 radical (unpaired) electrons. The second-order valence-electron chi connectivity index (χ2n) is 5.41. The summed E-state index contributed by atoms with van der Waals surface area (Å²) < 4.78 is 51.9. The molecule has 1 unspecified atom stereocenters. The van der Waals surface area contributed by atoms with Crippen molar-refractivity contribution in [2.45, 2.75) is 18.7 Å². The van der Waals surface area contributed by atoms with E-state index in [1.807, 2.05) is 0 Å². The highest BCUT2D eigenvalue weighted by Gasteiger charge is 2.55. The molecule has 0 saturated carbocycles. The van der Waals surface area contributed by atoms with E-state index in [9.17, 15) is 32.3 Å². The lowest BCUT2D eigenvalue weighted by Gasteiger charge is -2.24. The van der Waals surface area contributed by atoms with E-state index in [1.54, 1.807) is 23.5 Å². The number of hydrogen-bond donors (Lipinski definition) is 2. The molecule has 0 bridgehead atoms. The Kier molecular flexibility index (Phi) is 4.94. The van der Waals surface area contributed by atoms with Crippen molar-refractivity contribution >= 4 is 17.4 Å². The number of carbonyl (C=O) groups excluding carboxylic acids is 2. The van der Waals surface area contributed by atoms with E-state index in [-0.39, 0.29) is 23.7 Å². The van der Waals surface area contributed by atoms with Crippen LogP contribution in [0.4, 0.5) is 23.2 Å². The van der Waals surface area contributed by atoms with Gasteiger partial charge in [0.05, 0.1) is 5.56 Å². The molecule has 1 atom stereocenters. The molecule has 2 aromatic rings. The number of halogens is 4. The SMILES string of the molecule is CC(O)(C(=O)Nc1ccc(C(=O)c2ccccc2)c(F)c1)C(F)(F)F. The van der Waals surface area contributed by atoms with Crippen LogP contribution in [-0.2, 0) is 4.79 Å². The van der Waals surface area contributed by atoms with Crippen molar-refractivity contribution in [3.8, 4) is 0 Å². The standard InChI is InChI=1S/C17H13F4NO3/c1-16(25,17(19,20)21)15(24)22-11-7-8-12(13(18)9-11)14(23)10-5-3-2-4-6-10/h2-9,25H,1H3,(H,22,24). The molecule has 0 heterocycles. The normalized spacial score (nSPS) is 13.8. The van der Waals surface area contributed by atoms with Gasteiger partial charge in [-0.3, -0.25) is 9.59 Å². The summed E-state index contributed by atoms with van der Waals surface area (Å²) in [6, 6.07) is 10.7. The quantitative estimate of drug-likeness (QED) is 0.653. The zero-order valence-corrected chi connectivity index (χ0v) is 12.9. The summed E-state index contributed by atoms with van der Waals surface area (Å²) in [4.78, 5) is 23.7. The summed E-state index contributed by atoms with van der Waals surface area (Å²) in [6.07, 6.45) is -5.20. The highest BCUT2D eigenvalue weighted by Crippen LogP contribution is 2.31. The lowest BCUT2D eigenvalue weighted by atomic mass is 10.0. The lowest BCUT2D eigenvalue weighted by Crippen LogP contribution is -2.52. The molecule has 1 amide bonds. The highest BCUT2D eigenvalue weighted by atomic mass is 19.4. The van der Waals surface area contributed by atoms with Gasteiger partial charge < -0.3 is 10.4 Å². The smallest absolute Gasteiger partial charge is 0.373 e. The van der Waals surface area contributed by atoms with Crippen LogP contribution in [-0.4, -0.2) is 28.6 Å². The third-order valence-electron chi connectivity index (χ3n) is 3.50. The van der Waals surface area contributed by atoms with Crippen molar-refractivity contribution in [2.75, 3.05) is 5.32 Å². The number of nitrogens with one attached hydrogen (secondary N) is 1. The van der Waals surface area contributed by atoms with Crippen LogP contribution in [0.2, 0.25) is 0 Å². The summed E-state index contributed by atoms with van der Waals surface area (Å²) in [6.45, 7) is 0.284. The number of aliphatic hydroxyl groups is 1. The van der Waals surface area contributed by atoms with Gasteiger partial charge in [0, 0.05) is 11.3 Å². The van der Waals surface area contributed by atoms with Crippen molar-refractivity contribution < 1.29 is 32.3 Å². The molecular formula is C17H13F4NO3. The Hall–Kier alpha value is -2.74. The van der Waals surface area contributed by atoms with Crippen molar-refractivity contribution in [1.29, 1.82) is 0 Å². The average molecular weight is 355 g/mol. The molecule has 2 aromatic carbocycles.